The number of carbonyl (C=O) groups is 1. The number of aliphatic hydroxyl groups is 1. The number of benzene rings is 2. The molecule has 0 radical (unpaired) electrons. The summed E-state index contributed by atoms with van der Waals surface area (Å²) in [6.07, 6.45) is -0.638. The number of nitrogens with one attached hydrogen (secondary N) is 1. The topological polar surface area (TPSA) is 58.6 Å². The second kappa shape index (κ2) is 7.04. The Morgan fingerprint density at radius 2 is 1.95 bits per heavy atom. The zero-order chi connectivity index (χ0) is 16.0. The molecule has 22 heavy (non-hydrogen) atoms. The van der Waals surface area contributed by atoms with Gasteiger partial charge in [0.25, 0.3) is 0 Å². The first-order chi connectivity index (χ1) is 10.5. The Bertz CT molecular complexity index is 629. The second-order valence-corrected chi connectivity index (χ2v) is 5.20. The number of rotatable bonds is 5. The quantitative estimate of drug-likeness (QED) is 0.893. The molecule has 2 aromatic rings. The highest BCUT2D eigenvalue weighted by Gasteiger charge is 2.24. The van der Waals surface area contributed by atoms with E-state index in [-0.39, 0.29) is 13.2 Å². The molecule has 1 amide bonds. The van der Waals surface area contributed by atoms with Crippen LogP contribution in [0.1, 0.15) is 18.1 Å². The van der Waals surface area contributed by atoms with Crippen LogP contribution in [0.2, 0.25) is 0 Å². The summed E-state index contributed by atoms with van der Waals surface area (Å²) < 4.78 is 18.2. The minimum Gasteiger partial charge on any atom is -0.445 e. The predicted molar refractivity (Wildman–Crippen MR) is 80.6 cm³/mol. The molecule has 116 valence electrons. The molecule has 0 fully saturated rings. The molecule has 2 N–H and O–H groups in total. The number of amides is 1. The van der Waals surface area contributed by atoms with Crippen molar-refractivity contribution in [2.75, 3.05) is 6.54 Å². The predicted octanol–water partition coefficient (Wildman–Crippen LogP) is 2.96. The molecule has 2 aromatic carbocycles. The van der Waals surface area contributed by atoms with Crippen LogP contribution in [0.5, 0.6) is 0 Å². The molecule has 1 atom stereocenters. The van der Waals surface area contributed by atoms with Crippen LogP contribution >= 0.6 is 0 Å². The van der Waals surface area contributed by atoms with Gasteiger partial charge in [0.15, 0.2) is 0 Å². The summed E-state index contributed by atoms with van der Waals surface area (Å²) in [5.74, 6) is -0.440. The lowest BCUT2D eigenvalue weighted by Gasteiger charge is -2.24. The van der Waals surface area contributed by atoms with Gasteiger partial charge >= 0.3 is 6.09 Å². The SMILES string of the molecule is CC(O)(CNC(=O)OCc1ccccc1)c1cccc(F)c1. The van der Waals surface area contributed by atoms with Gasteiger partial charge in [-0.05, 0) is 30.2 Å². The number of ether oxygens (including phenoxy) is 1. The van der Waals surface area contributed by atoms with Crippen molar-refractivity contribution in [3.05, 3.63) is 71.5 Å². The summed E-state index contributed by atoms with van der Waals surface area (Å²) >= 11 is 0. The van der Waals surface area contributed by atoms with E-state index in [1.54, 1.807) is 6.07 Å². The fourth-order valence-corrected chi connectivity index (χ4v) is 1.94. The van der Waals surface area contributed by atoms with Gasteiger partial charge in [0, 0.05) is 0 Å². The second-order valence-electron chi connectivity index (χ2n) is 5.20. The van der Waals surface area contributed by atoms with Crippen molar-refractivity contribution >= 4 is 6.09 Å². The Kier molecular flexibility index (Phi) is 5.12. The van der Waals surface area contributed by atoms with Gasteiger partial charge in [-0.25, -0.2) is 9.18 Å². The molecule has 0 aliphatic carbocycles. The van der Waals surface area contributed by atoms with Crippen LogP contribution in [0, 0.1) is 5.82 Å². The zero-order valence-electron chi connectivity index (χ0n) is 12.3. The monoisotopic (exact) mass is 303 g/mol. The number of carbonyl (C=O) groups excluding carboxylic acids is 1. The van der Waals surface area contributed by atoms with Gasteiger partial charge in [-0.1, -0.05) is 42.5 Å². The molecule has 0 bridgehead atoms. The van der Waals surface area contributed by atoms with E-state index < -0.39 is 17.5 Å². The molecule has 5 heteroatoms. The van der Waals surface area contributed by atoms with Crippen LogP contribution in [0.15, 0.2) is 54.6 Å². The molecule has 0 aliphatic rings. The first-order valence-corrected chi connectivity index (χ1v) is 6.90. The molecule has 0 aromatic heterocycles. The van der Waals surface area contributed by atoms with Crippen LogP contribution in [0.25, 0.3) is 0 Å². The third-order valence-corrected chi connectivity index (χ3v) is 3.24. The maximum absolute atomic E-state index is 13.2. The fraction of sp³-hybridized carbons (Fsp3) is 0.235. The van der Waals surface area contributed by atoms with Gasteiger partial charge in [-0.3, -0.25) is 0 Å². The van der Waals surface area contributed by atoms with E-state index in [0.29, 0.717) is 5.56 Å². The van der Waals surface area contributed by atoms with Crippen molar-refractivity contribution in [1.82, 2.24) is 5.32 Å². The molecule has 4 nitrogen and oxygen atoms in total. The molecule has 0 saturated heterocycles. The average Bonchev–Trinajstić information content (AvgIpc) is 2.52. The third-order valence-electron chi connectivity index (χ3n) is 3.24. The van der Waals surface area contributed by atoms with Crippen LogP contribution in [-0.4, -0.2) is 17.7 Å². The van der Waals surface area contributed by atoms with E-state index in [9.17, 15) is 14.3 Å². The largest absolute Gasteiger partial charge is 0.445 e. The summed E-state index contributed by atoms with van der Waals surface area (Å²) in [7, 11) is 0. The maximum Gasteiger partial charge on any atom is 0.407 e. The molecule has 0 heterocycles. The molecule has 0 aliphatic heterocycles. The summed E-state index contributed by atoms with van der Waals surface area (Å²) in [6.45, 7) is 1.57. The smallest absolute Gasteiger partial charge is 0.407 e. The normalized spacial score (nSPS) is 13.2. The standard InChI is InChI=1S/C17H18FNO3/c1-17(21,14-8-5-9-15(18)10-14)12-19-16(20)22-11-13-6-3-2-4-7-13/h2-10,21H,11-12H2,1H3,(H,19,20). The number of hydrogen-bond donors (Lipinski definition) is 2. The van der Waals surface area contributed by atoms with Gasteiger partial charge in [0.2, 0.25) is 0 Å². The highest BCUT2D eigenvalue weighted by molar-refractivity contribution is 5.67. The van der Waals surface area contributed by atoms with Crippen LogP contribution in [0.3, 0.4) is 0 Å². The summed E-state index contributed by atoms with van der Waals surface area (Å²) in [6, 6.07) is 14.9. The van der Waals surface area contributed by atoms with Crippen LogP contribution in [-0.2, 0) is 16.9 Å². The van der Waals surface area contributed by atoms with Crippen LogP contribution in [0.4, 0.5) is 9.18 Å². The van der Waals surface area contributed by atoms with Crippen molar-refractivity contribution in [3.8, 4) is 0 Å². The first kappa shape index (κ1) is 16.0. The number of alkyl carbamates (subject to hydrolysis) is 1. The van der Waals surface area contributed by atoms with E-state index in [2.05, 4.69) is 5.32 Å². The minimum absolute atomic E-state index is 0.0793. The van der Waals surface area contributed by atoms with Gasteiger partial charge < -0.3 is 15.2 Å². The minimum atomic E-state index is -1.38. The Balaban J connectivity index is 1.85. The number of halogens is 1. The Hall–Kier alpha value is -2.40. The van der Waals surface area contributed by atoms with Gasteiger partial charge in [0.05, 0.1) is 6.54 Å². The lowest BCUT2D eigenvalue weighted by atomic mass is 9.96. The van der Waals surface area contributed by atoms with Gasteiger partial charge in [-0.2, -0.15) is 0 Å². The van der Waals surface area contributed by atoms with Crippen molar-refractivity contribution in [3.63, 3.8) is 0 Å². The molecule has 0 spiro atoms. The average molecular weight is 303 g/mol. The molecule has 2 rings (SSSR count). The third kappa shape index (κ3) is 4.56. The van der Waals surface area contributed by atoms with E-state index >= 15 is 0 Å². The van der Waals surface area contributed by atoms with Crippen molar-refractivity contribution in [2.24, 2.45) is 0 Å². The Morgan fingerprint density at radius 1 is 1.23 bits per heavy atom. The molecule has 0 saturated carbocycles. The fourth-order valence-electron chi connectivity index (χ4n) is 1.94. The molecule has 1 unspecified atom stereocenters. The summed E-state index contributed by atoms with van der Waals surface area (Å²) in [4.78, 5) is 11.6. The first-order valence-electron chi connectivity index (χ1n) is 6.90. The van der Waals surface area contributed by atoms with Gasteiger partial charge in [-0.15, -0.1) is 0 Å². The lowest BCUT2D eigenvalue weighted by Crippen LogP contribution is -2.38. The van der Waals surface area contributed by atoms with Gasteiger partial charge in [0.1, 0.15) is 18.0 Å². The molecular formula is C17H18FNO3. The number of hydrogen-bond acceptors (Lipinski definition) is 3. The highest BCUT2D eigenvalue weighted by atomic mass is 19.1. The Labute approximate surface area is 128 Å². The lowest BCUT2D eigenvalue weighted by molar-refractivity contribution is 0.0526. The molecular weight excluding hydrogens is 285 g/mol. The van der Waals surface area contributed by atoms with E-state index in [4.69, 9.17) is 4.74 Å². The van der Waals surface area contributed by atoms with Crippen molar-refractivity contribution < 1.29 is 19.0 Å². The van der Waals surface area contributed by atoms with E-state index in [1.807, 2.05) is 30.3 Å². The summed E-state index contributed by atoms with van der Waals surface area (Å²) in [5, 5.41) is 12.8. The van der Waals surface area contributed by atoms with E-state index in [1.165, 1.54) is 25.1 Å². The van der Waals surface area contributed by atoms with Crippen molar-refractivity contribution in [1.29, 1.82) is 0 Å². The maximum atomic E-state index is 13.2. The van der Waals surface area contributed by atoms with E-state index in [0.717, 1.165) is 5.56 Å². The van der Waals surface area contributed by atoms with Crippen molar-refractivity contribution in [2.45, 2.75) is 19.1 Å². The highest BCUT2D eigenvalue weighted by Crippen LogP contribution is 2.20. The van der Waals surface area contributed by atoms with Crippen LogP contribution < -0.4 is 5.32 Å². The summed E-state index contributed by atoms with van der Waals surface area (Å²) in [5.41, 5.74) is -0.126. The Morgan fingerprint density at radius 3 is 2.64 bits per heavy atom. The zero-order valence-corrected chi connectivity index (χ0v) is 12.3.